The zero-order chi connectivity index (χ0) is 24.2. The molecule has 0 spiro atoms. The first-order valence-corrected chi connectivity index (χ1v) is 12.4. The SMILES string of the molecule is O=C(COc1ccc(-c2ccc3ccc(C(=O)O)cc3c2)cc1C12CC3CC(CC(C3)C1)C2)NO. The maximum Gasteiger partial charge on any atom is 0.335 e. The van der Waals surface area contributed by atoms with Crippen molar-refractivity contribution >= 4 is 22.6 Å². The van der Waals surface area contributed by atoms with Gasteiger partial charge in [-0.05, 0) is 114 Å². The van der Waals surface area contributed by atoms with Gasteiger partial charge in [-0.3, -0.25) is 10.0 Å². The summed E-state index contributed by atoms with van der Waals surface area (Å²) in [6.45, 7) is -0.233. The molecular formula is C29H29NO5. The van der Waals surface area contributed by atoms with Crippen LogP contribution in [0.3, 0.4) is 0 Å². The van der Waals surface area contributed by atoms with Crippen molar-refractivity contribution in [2.75, 3.05) is 6.61 Å². The monoisotopic (exact) mass is 471 g/mol. The summed E-state index contributed by atoms with van der Waals surface area (Å²) in [4.78, 5) is 23.2. The van der Waals surface area contributed by atoms with Crippen molar-refractivity contribution < 1.29 is 24.6 Å². The summed E-state index contributed by atoms with van der Waals surface area (Å²) in [5, 5.41) is 20.2. The lowest BCUT2D eigenvalue weighted by Crippen LogP contribution is -2.48. The molecule has 4 aliphatic rings. The first-order chi connectivity index (χ1) is 16.9. The summed E-state index contributed by atoms with van der Waals surface area (Å²) >= 11 is 0. The predicted octanol–water partition coefficient (Wildman–Crippen LogP) is 5.56. The van der Waals surface area contributed by atoms with Gasteiger partial charge in [-0.25, -0.2) is 10.3 Å². The van der Waals surface area contributed by atoms with E-state index in [0.717, 1.165) is 58.9 Å². The number of ether oxygens (including phenoxy) is 1. The minimum atomic E-state index is -0.935. The Kier molecular flexibility index (Phi) is 5.29. The van der Waals surface area contributed by atoms with Crippen molar-refractivity contribution in [2.24, 2.45) is 17.8 Å². The van der Waals surface area contributed by atoms with E-state index >= 15 is 0 Å². The van der Waals surface area contributed by atoms with E-state index < -0.39 is 11.9 Å². The number of carboxylic acid groups (broad SMARTS) is 1. The lowest BCUT2D eigenvalue weighted by atomic mass is 9.48. The highest BCUT2D eigenvalue weighted by atomic mass is 16.5. The van der Waals surface area contributed by atoms with Crippen molar-refractivity contribution in [1.29, 1.82) is 0 Å². The van der Waals surface area contributed by atoms with Crippen LogP contribution >= 0.6 is 0 Å². The average Bonchev–Trinajstić information content (AvgIpc) is 2.85. The van der Waals surface area contributed by atoms with Crippen molar-refractivity contribution in [3.05, 3.63) is 65.7 Å². The molecule has 35 heavy (non-hydrogen) atoms. The Bertz CT molecular complexity index is 1290. The van der Waals surface area contributed by atoms with Gasteiger partial charge in [-0.15, -0.1) is 0 Å². The second kappa shape index (κ2) is 8.38. The number of hydrogen-bond donors (Lipinski definition) is 3. The molecule has 0 radical (unpaired) electrons. The number of nitrogens with one attached hydrogen (secondary N) is 1. The number of benzene rings is 3. The highest BCUT2D eigenvalue weighted by molar-refractivity contribution is 5.95. The number of aromatic carboxylic acids is 1. The van der Waals surface area contributed by atoms with Crippen molar-refractivity contribution in [3.8, 4) is 16.9 Å². The molecule has 0 aliphatic heterocycles. The number of amides is 1. The fraction of sp³-hybridized carbons (Fsp3) is 0.379. The summed E-state index contributed by atoms with van der Waals surface area (Å²) < 4.78 is 5.95. The molecule has 3 aromatic rings. The zero-order valence-electron chi connectivity index (χ0n) is 19.5. The van der Waals surface area contributed by atoms with E-state index in [1.807, 2.05) is 30.3 Å². The predicted molar refractivity (Wildman–Crippen MR) is 132 cm³/mol. The van der Waals surface area contributed by atoms with Gasteiger partial charge in [-0.1, -0.05) is 24.3 Å². The number of hydrogen-bond acceptors (Lipinski definition) is 4. The van der Waals surface area contributed by atoms with Crippen molar-refractivity contribution in [1.82, 2.24) is 5.48 Å². The summed E-state index contributed by atoms with van der Waals surface area (Å²) in [5.41, 5.74) is 5.22. The van der Waals surface area contributed by atoms with E-state index in [1.165, 1.54) is 24.8 Å². The molecule has 180 valence electrons. The third kappa shape index (κ3) is 3.96. The third-order valence-corrected chi connectivity index (χ3v) is 8.49. The van der Waals surface area contributed by atoms with Crippen LogP contribution < -0.4 is 10.2 Å². The second-order valence-electron chi connectivity index (χ2n) is 10.8. The topological polar surface area (TPSA) is 95.9 Å². The smallest absolute Gasteiger partial charge is 0.335 e. The van der Waals surface area contributed by atoms with Crippen LogP contribution in [0.4, 0.5) is 0 Å². The fourth-order valence-corrected chi connectivity index (χ4v) is 7.43. The molecule has 6 nitrogen and oxygen atoms in total. The summed E-state index contributed by atoms with van der Waals surface area (Å²) in [6, 6.07) is 17.5. The Morgan fingerprint density at radius 1 is 0.857 bits per heavy atom. The lowest BCUT2D eigenvalue weighted by molar-refractivity contribution is -0.131. The second-order valence-corrected chi connectivity index (χ2v) is 10.8. The highest BCUT2D eigenvalue weighted by Gasteiger charge is 2.52. The molecule has 0 atom stereocenters. The fourth-order valence-electron chi connectivity index (χ4n) is 7.43. The van der Waals surface area contributed by atoms with Crippen LogP contribution in [0, 0.1) is 17.8 Å². The molecule has 1 amide bonds. The molecule has 0 saturated heterocycles. The van der Waals surface area contributed by atoms with Crippen LogP contribution in [0.15, 0.2) is 54.6 Å². The molecule has 4 bridgehead atoms. The van der Waals surface area contributed by atoms with E-state index in [0.29, 0.717) is 5.75 Å². The first kappa shape index (κ1) is 22.1. The number of rotatable bonds is 6. The number of carbonyl (C=O) groups excluding carboxylic acids is 1. The van der Waals surface area contributed by atoms with E-state index in [2.05, 4.69) is 12.1 Å². The van der Waals surface area contributed by atoms with E-state index in [9.17, 15) is 14.7 Å². The normalized spacial score (nSPS) is 26.6. The number of hydroxylamine groups is 1. The van der Waals surface area contributed by atoms with Gasteiger partial charge in [0.15, 0.2) is 6.61 Å². The molecular weight excluding hydrogens is 442 g/mol. The molecule has 7 rings (SSSR count). The Balaban J connectivity index is 1.43. The van der Waals surface area contributed by atoms with Crippen LogP contribution in [0.2, 0.25) is 0 Å². The maximum atomic E-state index is 11.7. The van der Waals surface area contributed by atoms with Gasteiger partial charge in [0.05, 0.1) is 5.56 Å². The van der Waals surface area contributed by atoms with Crippen LogP contribution in [-0.2, 0) is 10.2 Å². The van der Waals surface area contributed by atoms with E-state index in [-0.39, 0.29) is 17.6 Å². The first-order valence-electron chi connectivity index (χ1n) is 12.4. The minimum absolute atomic E-state index is 0.0586. The Labute approximate surface area is 203 Å². The molecule has 0 aromatic heterocycles. The number of carboxylic acids is 1. The zero-order valence-corrected chi connectivity index (χ0v) is 19.5. The molecule has 4 aliphatic carbocycles. The lowest BCUT2D eigenvalue weighted by Gasteiger charge is -2.57. The maximum absolute atomic E-state index is 11.7. The third-order valence-electron chi connectivity index (χ3n) is 8.49. The van der Waals surface area contributed by atoms with Crippen LogP contribution in [0.1, 0.15) is 54.4 Å². The largest absolute Gasteiger partial charge is 0.483 e. The summed E-state index contributed by atoms with van der Waals surface area (Å²) in [7, 11) is 0. The highest BCUT2D eigenvalue weighted by Crippen LogP contribution is 2.62. The molecule has 0 heterocycles. The quantitative estimate of drug-likeness (QED) is 0.323. The summed E-state index contributed by atoms with van der Waals surface area (Å²) in [5.74, 6) is 1.48. The Hall–Kier alpha value is -3.38. The van der Waals surface area contributed by atoms with E-state index in [1.54, 1.807) is 17.6 Å². The molecule has 3 N–H and O–H groups in total. The van der Waals surface area contributed by atoms with Gasteiger partial charge in [0.25, 0.3) is 5.91 Å². The van der Waals surface area contributed by atoms with Gasteiger partial charge in [0, 0.05) is 5.56 Å². The number of carbonyl (C=O) groups is 2. The average molecular weight is 472 g/mol. The molecule has 4 saturated carbocycles. The Morgan fingerprint density at radius 2 is 1.49 bits per heavy atom. The van der Waals surface area contributed by atoms with Crippen LogP contribution in [0.25, 0.3) is 21.9 Å². The molecule has 0 unspecified atom stereocenters. The van der Waals surface area contributed by atoms with Gasteiger partial charge >= 0.3 is 5.97 Å². The molecule has 3 aromatic carbocycles. The molecule has 6 heteroatoms. The minimum Gasteiger partial charge on any atom is -0.483 e. The van der Waals surface area contributed by atoms with Gasteiger partial charge in [0.2, 0.25) is 0 Å². The van der Waals surface area contributed by atoms with Gasteiger partial charge in [-0.2, -0.15) is 0 Å². The standard InChI is InChI=1S/C29H29NO5/c31-27(30-34)16-35-26-6-5-22(21-3-1-20-2-4-23(28(32)33)11-24(20)10-21)12-25(26)29-13-17-7-18(14-29)9-19(8-17)15-29/h1-6,10-12,17-19,34H,7-9,13-16H2,(H,30,31)(H,32,33). The number of fused-ring (bicyclic) bond motifs is 1. The van der Waals surface area contributed by atoms with Crippen LogP contribution in [0.5, 0.6) is 5.75 Å². The Morgan fingerprint density at radius 3 is 2.14 bits per heavy atom. The summed E-state index contributed by atoms with van der Waals surface area (Å²) in [6.07, 6.45) is 7.47. The van der Waals surface area contributed by atoms with Crippen molar-refractivity contribution in [2.45, 2.75) is 43.9 Å². The van der Waals surface area contributed by atoms with Gasteiger partial charge < -0.3 is 9.84 Å². The molecule has 4 fully saturated rings. The van der Waals surface area contributed by atoms with Crippen molar-refractivity contribution in [3.63, 3.8) is 0 Å². The van der Waals surface area contributed by atoms with E-state index in [4.69, 9.17) is 9.94 Å². The van der Waals surface area contributed by atoms with Gasteiger partial charge in [0.1, 0.15) is 5.75 Å². The van der Waals surface area contributed by atoms with Crippen LogP contribution in [-0.4, -0.2) is 28.8 Å².